The molecule has 1 atom stereocenters. The topological polar surface area (TPSA) is 38.0 Å². The van der Waals surface area contributed by atoms with E-state index in [-0.39, 0.29) is 5.41 Å². The Hall–Kier alpha value is -0.860. The van der Waals surface area contributed by atoms with E-state index in [1.54, 1.807) is 0 Å². The molecule has 0 aliphatic heterocycles. The molecule has 2 heteroatoms. The number of hydrogen-bond acceptors (Lipinski definition) is 2. The Labute approximate surface area is 117 Å². The lowest BCUT2D eigenvalue weighted by molar-refractivity contribution is 0.207. The molecular formula is C17H28N2. The number of nitrogens with one attached hydrogen (secondary N) is 1. The zero-order valence-corrected chi connectivity index (χ0v) is 12.4. The van der Waals surface area contributed by atoms with Gasteiger partial charge in [0.2, 0.25) is 0 Å². The fourth-order valence-electron chi connectivity index (χ4n) is 4.06. The van der Waals surface area contributed by atoms with Crippen LogP contribution in [-0.4, -0.2) is 6.04 Å². The summed E-state index contributed by atoms with van der Waals surface area (Å²) in [7, 11) is 0. The number of hydrazine groups is 1. The molecule has 1 aliphatic rings. The van der Waals surface area contributed by atoms with Gasteiger partial charge in [-0.25, -0.2) is 0 Å². The van der Waals surface area contributed by atoms with Crippen LogP contribution in [0.15, 0.2) is 30.3 Å². The van der Waals surface area contributed by atoms with Crippen molar-refractivity contribution in [3.63, 3.8) is 0 Å². The maximum atomic E-state index is 5.98. The highest BCUT2D eigenvalue weighted by molar-refractivity contribution is 5.29. The second kappa shape index (κ2) is 6.53. The van der Waals surface area contributed by atoms with E-state index in [2.05, 4.69) is 49.6 Å². The van der Waals surface area contributed by atoms with Gasteiger partial charge in [-0.3, -0.25) is 11.3 Å². The van der Waals surface area contributed by atoms with Crippen molar-refractivity contribution in [2.45, 2.75) is 63.8 Å². The highest BCUT2D eigenvalue weighted by atomic mass is 15.2. The predicted molar refractivity (Wildman–Crippen MR) is 81.8 cm³/mol. The average Bonchev–Trinajstić information content (AvgIpc) is 2.96. The molecule has 0 radical (unpaired) electrons. The summed E-state index contributed by atoms with van der Waals surface area (Å²) >= 11 is 0. The van der Waals surface area contributed by atoms with Gasteiger partial charge >= 0.3 is 0 Å². The van der Waals surface area contributed by atoms with Gasteiger partial charge in [-0.1, -0.05) is 69.9 Å². The summed E-state index contributed by atoms with van der Waals surface area (Å²) in [5.41, 5.74) is 4.90. The first-order chi connectivity index (χ1) is 9.28. The second-order valence-corrected chi connectivity index (χ2v) is 5.95. The minimum absolute atomic E-state index is 0.243. The van der Waals surface area contributed by atoms with Gasteiger partial charge in [-0.15, -0.1) is 0 Å². The fourth-order valence-corrected chi connectivity index (χ4v) is 4.06. The summed E-state index contributed by atoms with van der Waals surface area (Å²) in [6, 6.07) is 11.4. The van der Waals surface area contributed by atoms with Gasteiger partial charge in [0, 0.05) is 11.5 Å². The third kappa shape index (κ3) is 2.70. The van der Waals surface area contributed by atoms with Gasteiger partial charge in [-0.05, 0) is 24.3 Å². The molecule has 0 heterocycles. The summed E-state index contributed by atoms with van der Waals surface area (Å²) in [4.78, 5) is 0. The Bertz CT molecular complexity index is 364. The highest BCUT2D eigenvalue weighted by Crippen LogP contribution is 2.46. The monoisotopic (exact) mass is 260 g/mol. The van der Waals surface area contributed by atoms with E-state index in [4.69, 9.17) is 5.84 Å². The molecule has 1 unspecified atom stereocenters. The van der Waals surface area contributed by atoms with Crippen molar-refractivity contribution < 1.29 is 0 Å². The van der Waals surface area contributed by atoms with Crippen LogP contribution in [0.25, 0.3) is 0 Å². The molecule has 1 aromatic rings. The molecule has 0 bridgehead atoms. The predicted octanol–water partition coefficient (Wildman–Crippen LogP) is 3.77. The van der Waals surface area contributed by atoms with E-state index < -0.39 is 0 Å². The van der Waals surface area contributed by atoms with Gasteiger partial charge in [0.05, 0.1) is 0 Å². The minimum atomic E-state index is 0.243. The van der Waals surface area contributed by atoms with Gasteiger partial charge < -0.3 is 0 Å². The minimum Gasteiger partial charge on any atom is -0.271 e. The SMILES string of the molecule is CCC(CC)C(NN)C1(c2ccccc2)CCCC1. The van der Waals surface area contributed by atoms with E-state index in [0.29, 0.717) is 12.0 Å². The maximum Gasteiger partial charge on any atom is 0.0335 e. The molecule has 2 nitrogen and oxygen atoms in total. The van der Waals surface area contributed by atoms with Crippen LogP contribution in [0.2, 0.25) is 0 Å². The summed E-state index contributed by atoms with van der Waals surface area (Å²) in [5, 5.41) is 0. The molecule has 1 aliphatic carbocycles. The summed E-state index contributed by atoms with van der Waals surface area (Å²) in [6.45, 7) is 4.57. The lowest BCUT2D eigenvalue weighted by Gasteiger charge is -2.42. The standard InChI is InChI=1S/C17H28N2/c1-3-14(4-2)16(19-18)17(12-8-9-13-17)15-10-6-5-7-11-15/h5-7,10-11,14,16,19H,3-4,8-9,12-13,18H2,1-2H3. The van der Waals surface area contributed by atoms with E-state index in [0.717, 1.165) is 0 Å². The summed E-state index contributed by atoms with van der Waals surface area (Å²) < 4.78 is 0. The van der Waals surface area contributed by atoms with Crippen LogP contribution in [0, 0.1) is 5.92 Å². The molecule has 1 aromatic carbocycles. The van der Waals surface area contributed by atoms with Crippen molar-refractivity contribution >= 4 is 0 Å². The quantitative estimate of drug-likeness (QED) is 0.603. The molecule has 0 spiro atoms. The molecule has 3 N–H and O–H groups in total. The zero-order valence-electron chi connectivity index (χ0n) is 12.4. The number of rotatable bonds is 6. The number of hydrogen-bond donors (Lipinski definition) is 2. The van der Waals surface area contributed by atoms with Crippen LogP contribution in [0.5, 0.6) is 0 Å². The smallest absolute Gasteiger partial charge is 0.0335 e. The first-order valence-electron chi connectivity index (χ1n) is 7.80. The largest absolute Gasteiger partial charge is 0.271 e. The van der Waals surface area contributed by atoms with E-state index in [1.165, 1.54) is 44.1 Å². The summed E-state index contributed by atoms with van der Waals surface area (Å²) in [6.07, 6.45) is 7.57. The average molecular weight is 260 g/mol. The Kier molecular flexibility index (Phi) is 5.00. The van der Waals surface area contributed by atoms with Crippen molar-refractivity contribution in [2.24, 2.45) is 11.8 Å². The van der Waals surface area contributed by atoms with Crippen molar-refractivity contribution in [3.8, 4) is 0 Å². The van der Waals surface area contributed by atoms with E-state index in [9.17, 15) is 0 Å². The van der Waals surface area contributed by atoms with Gasteiger partial charge in [-0.2, -0.15) is 0 Å². The Morgan fingerprint density at radius 2 is 1.68 bits per heavy atom. The Balaban J connectivity index is 2.38. The first-order valence-corrected chi connectivity index (χ1v) is 7.80. The molecule has 1 saturated carbocycles. The van der Waals surface area contributed by atoms with Crippen molar-refractivity contribution in [1.29, 1.82) is 0 Å². The molecule has 0 saturated heterocycles. The third-order valence-electron chi connectivity index (χ3n) is 5.14. The van der Waals surface area contributed by atoms with Crippen molar-refractivity contribution in [2.75, 3.05) is 0 Å². The van der Waals surface area contributed by atoms with Crippen molar-refractivity contribution in [1.82, 2.24) is 5.43 Å². The maximum absolute atomic E-state index is 5.98. The molecule has 1 fully saturated rings. The van der Waals surface area contributed by atoms with Crippen molar-refractivity contribution in [3.05, 3.63) is 35.9 Å². The van der Waals surface area contributed by atoms with Crippen LogP contribution in [0.3, 0.4) is 0 Å². The van der Waals surface area contributed by atoms with Crippen LogP contribution in [-0.2, 0) is 5.41 Å². The lowest BCUT2D eigenvalue weighted by Crippen LogP contribution is -2.54. The van der Waals surface area contributed by atoms with Crippen LogP contribution in [0.4, 0.5) is 0 Å². The second-order valence-electron chi connectivity index (χ2n) is 5.95. The Morgan fingerprint density at radius 3 is 2.16 bits per heavy atom. The summed E-state index contributed by atoms with van der Waals surface area (Å²) in [5.74, 6) is 6.63. The molecule has 19 heavy (non-hydrogen) atoms. The van der Waals surface area contributed by atoms with Gasteiger partial charge in [0.1, 0.15) is 0 Å². The molecule has 0 aromatic heterocycles. The fraction of sp³-hybridized carbons (Fsp3) is 0.647. The normalized spacial score (nSPS) is 19.8. The first kappa shape index (κ1) is 14.5. The molecule has 106 valence electrons. The molecule has 0 amide bonds. The van der Waals surface area contributed by atoms with Gasteiger partial charge in [0.25, 0.3) is 0 Å². The number of nitrogens with two attached hydrogens (primary N) is 1. The van der Waals surface area contributed by atoms with E-state index in [1.807, 2.05) is 0 Å². The number of benzene rings is 1. The molecular weight excluding hydrogens is 232 g/mol. The zero-order chi connectivity index (χ0) is 13.7. The van der Waals surface area contributed by atoms with Crippen LogP contribution in [0.1, 0.15) is 57.9 Å². The Morgan fingerprint density at radius 1 is 1.11 bits per heavy atom. The molecule has 2 rings (SSSR count). The van der Waals surface area contributed by atoms with Gasteiger partial charge in [0.15, 0.2) is 0 Å². The lowest BCUT2D eigenvalue weighted by atomic mass is 9.67. The third-order valence-corrected chi connectivity index (χ3v) is 5.14. The van der Waals surface area contributed by atoms with E-state index >= 15 is 0 Å². The highest BCUT2D eigenvalue weighted by Gasteiger charge is 2.44. The van der Waals surface area contributed by atoms with Crippen LogP contribution < -0.4 is 11.3 Å². The van der Waals surface area contributed by atoms with Crippen LogP contribution >= 0.6 is 0 Å².